The van der Waals surface area contributed by atoms with Crippen molar-refractivity contribution in [2.45, 2.75) is 74.3 Å². The number of guanidine groups is 1. The van der Waals surface area contributed by atoms with Crippen molar-refractivity contribution in [3.05, 3.63) is 35.9 Å². The number of amides is 3. The molecule has 0 aliphatic carbocycles. The van der Waals surface area contributed by atoms with Crippen LogP contribution < -0.4 is 27.0 Å². The standard InChI is InChI=1S/C29H44N6O13/c30-29(31)33-10-20(37)35-22-26(43)25(42)18(14-46-11-15-5-2-1-3-6-15)48-27(22)28(44)32-7-4-8-45-13-17-24(41)23(40)16(12-47-17)34-19(36)9-21(38)39/h1-3,5-6,16-18,22-27,40-43H,4,7-14H2,(H,32,44)(H,34,36)(H,35,37)(H,38,39)(H4,30,31,33)/t16?,17?,18?,22?,23-,24+,25+,26-,27-/m1/s1. The van der Waals surface area contributed by atoms with E-state index in [1.165, 1.54) is 0 Å². The summed E-state index contributed by atoms with van der Waals surface area (Å²) in [6, 6.07) is 6.81. The molecule has 19 nitrogen and oxygen atoms in total. The number of carboxylic acids is 1. The Morgan fingerprint density at radius 1 is 0.896 bits per heavy atom. The highest BCUT2D eigenvalue weighted by Crippen LogP contribution is 2.23. The van der Waals surface area contributed by atoms with Gasteiger partial charge in [-0.05, 0) is 12.0 Å². The molecular formula is C29H44N6O13. The number of rotatable bonds is 17. The monoisotopic (exact) mass is 684 g/mol. The number of carbonyl (C=O) groups is 4. The molecule has 2 fully saturated rings. The molecule has 0 radical (unpaired) electrons. The van der Waals surface area contributed by atoms with Crippen LogP contribution in [0.2, 0.25) is 0 Å². The Kier molecular flexibility index (Phi) is 15.4. The molecule has 0 bridgehead atoms. The molecule has 0 spiro atoms. The van der Waals surface area contributed by atoms with Crippen LogP contribution in [0.15, 0.2) is 30.3 Å². The molecule has 2 aliphatic heterocycles. The Labute approximate surface area is 275 Å². The lowest BCUT2D eigenvalue weighted by molar-refractivity contribution is -0.202. The summed E-state index contributed by atoms with van der Waals surface area (Å²) in [6.45, 7) is -0.587. The minimum Gasteiger partial charge on any atom is -0.481 e. The summed E-state index contributed by atoms with van der Waals surface area (Å²) >= 11 is 0. The van der Waals surface area contributed by atoms with Gasteiger partial charge in [0.05, 0.1) is 45.1 Å². The van der Waals surface area contributed by atoms with Gasteiger partial charge >= 0.3 is 5.97 Å². The van der Waals surface area contributed by atoms with E-state index in [0.717, 1.165) is 5.56 Å². The van der Waals surface area contributed by atoms with Gasteiger partial charge in [0.15, 0.2) is 12.1 Å². The number of hydrogen-bond acceptors (Lipinski definition) is 13. The van der Waals surface area contributed by atoms with Crippen molar-refractivity contribution in [2.24, 2.45) is 5.73 Å². The lowest BCUT2D eigenvalue weighted by Crippen LogP contribution is -2.68. The number of hydrogen-bond donors (Lipinski definition) is 11. The number of carbonyl (C=O) groups excluding carboxylic acids is 3. The molecule has 2 saturated heterocycles. The predicted molar refractivity (Wildman–Crippen MR) is 163 cm³/mol. The molecule has 0 saturated carbocycles. The van der Waals surface area contributed by atoms with Crippen LogP contribution in [0.4, 0.5) is 0 Å². The molecule has 1 aromatic carbocycles. The SMILES string of the molecule is N=C(N)NCC(=O)NC1[C@@H](O)[C@@H](O)C(COCc2ccccc2)O[C@H]1C(=O)NCCCOCC1OCC(NC(=O)CC(=O)O)[C@@H](O)[C@H]1O. The zero-order valence-electron chi connectivity index (χ0n) is 26.0. The van der Waals surface area contributed by atoms with Crippen LogP contribution in [-0.4, -0.2) is 150 Å². The first-order chi connectivity index (χ1) is 22.9. The molecule has 2 heterocycles. The zero-order chi connectivity index (χ0) is 35.2. The van der Waals surface area contributed by atoms with Gasteiger partial charge in [-0.2, -0.15) is 0 Å². The van der Waals surface area contributed by atoms with Crippen LogP contribution in [0.1, 0.15) is 18.4 Å². The first-order valence-corrected chi connectivity index (χ1v) is 15.2. The van der Waals surface area contributed by atoms with Crippen molar-refractivity contribution in [3.8, 4) is 0 Å². The normalized spacial score (nSPS) is 28.5. The van der Waals surface area contributed by atoms with Crippen LogP contribution in [0.3, 0.4) is 0 Å². The fourth-order valence-corrected chi connectivity index (χ4v) is 5.01. The summed E-state index contributed by atoms with van der Waals surface area (Å²) in [5.74, 6) is -4.08. The predicted octanol–water partition coefficient (Wildman–Crippen LogP) is -4.74. The molecule has 4 unspecified atom stereocenters. The molecule has 12 N–H and O–H groups in total. The van der Waals surface area contributed by atoms with E-state index in [1.54, 1.807) is 0 Å². The molecule has 3 amide bonds. The minimum atomic E-state index is -1.62. The fraction of sp³-hybridized carbons (Fsp3) is 0.621. The van der Waals surface area contributed by atoms with Gasteiger partial charge in [-0.15, -0.1) is 0 Å². The number of ether oxygens (including phenoxy) is 4. The second-order valence-corrected chi connectivity index (χ2v) is 11.3. The van der Waals surface area contributed by atoms with Crippen LogP contribution in [0.5, 0.6) is 0 Å². The minimum absolute atomic E-state index is 0.0630. The summed E-state index contributed by atoms with van der Waals surface area (Å²) in [4.78, 5) is 48.0. The third kappa shape index (κ3) is 11.9. The molecule has 19 heteroatoms. The Balaban J connectivity index is 1.48. The van der Waals surface area contributed by atoms with Gasteiger partial charge in [0, 0.05) is 13.2 Å². The maximum absolute atomic E-state index is 13.2. The fourth-order valence-electron chi connectivity index (χ4n) is 5.01. The number of benzene rings is 1. The lowest BCUT2D eigenvalue weighted by Gasteiger charge is -2.42. The van der Waals surface area contributed by atoms with Gasteiger partial charge in [0.25, 0.3) is 5.91 Å². The van der Waals surface area contributed by atoms with Crippen molar-refractivity contribution < 1.29 is 63.7 Å². The highest BCUT2D eigenvalue weighted by molar-refractivity contribution is 5.93. The van der Waals surface area contributed by atoms with E-state index in [4.69, 9.17) is 35.2 Å². The zero-order valence-corrected chi connectivity index (χ0v) is 26.0. The molecule has 0 aromatic heterocycles. The molecule has 48 heavy (non-hydrogen) atoms. The Bertz CT molecular complexity index is 1230. The van der Waals surface area contributed by atoms with E-state index in [1.807, 2.05) is 30.3 Å². The first kappa shape index (κ1) is 38.5. The van der Waals surface area contributed by atoms with Crippen molar-refractivity contribution in [2.75, 3.05) is 39.5 Å². The van der Waals surface area contributed by atoms with Crippen molar-refractivity contribution >= 4 is 29.7 Å². The molecule has 9 atom stereocenters. The number of aliphatic hydroxyl groups excluding tert-OH is 4. The smallest absolute Gasteiger partial charge is 0.312 e. The largest absolute Gasteiger partial charge is 0.481 e. The second-order valence-electron chi connectivity index (χ2n) is 11.3. The number of aliphatic carboxylic acids is 1. The van der Waals surface area contributed by atoms with E-state index >= 15 is 0 Å². The van der Waals surface area contributed by atoms with Gasteiger partial charge in [-0.1, -0.05) is 30.3 Å². The molecule has 268 valence electrons. The number of carboxylic acid groups (broad SMARTS) is 1. The highest BCUT2D eigenvalue weighted by Gasteiger charge is 2.48. The number of nitrogens with one attached hydrogen (secondary N) is 5. The van der Waals surface area contributed by atoms with Crippen molar-refractivity contribution in [1.82, 2.24) is 21.3 Å². The van der Waals surface area contributed by atoms with Gasteiger partial charge in [-0.25, -0.2) is 0 Å². The Morgan fingerprint density at radius 3 is 2.27 bits per heavy atom. The van der Waals surface area contributed by atoms with E-state index in [-0.39, 0.29) is 46.0 Å². The summed E-state index contributed by atoms with van der Waals surface area (Å²) in [6.07, 6.45) is -10.0. The first-order valence-electron chi connectivity index (χ1n) is 15.2. The maximum Gasteiger partial charge on any atom is 0.312 e. The summed E-state index contributed by atoms with van der Waals surface area (Å²) < 4.78 is 22.5. The van der Waals surface area contributed by atoms with Gasteiger partial charge in [-0.3, -0.25) is 24.6 Å². The number of aliphatic hydroxyl groups is 4. The van der Waals surface area contributed by atoms with Crippen molar-refractivity contribution in [1.29, 1.82) is 5.41 Å². The van der Waals surface area contributed by atoms with E-state index in [9.17, 15) is 39.6 Å². The van der Waals surface area contributed by atoms with E-state index < -0.39 is 97.4 Å². The van der Waals surface area contributed by atoms with Gasteiger partial charge in [0.2, 0.25) is 11.8 Å². The summed E-state index contributed by atoms with van der Waals surface area (Å²) in [5, 5.41) is 67.9. The average Bonchev–Trinajstić information content (AvgIpc) is 3.04. The molecular weight excluding hydrogens is 640 g/mol. The van der Waals surface area contributed by atoms with E-state index in [0.29, 0.717) is 0 Å². The van der Waals surface area contributed by atoms with Crippen LogP contribution in [0, 0.1) is 5.41 Å². The lowest BCUT2D eigenvalue weighted by atomic mass is 9.92. The molecule has 3 rings (SSSR count). The maximum atomic E-state index is 13.2. The summed E-state index contributed by atoms with van der Waals surface area (Å²) in [5.41, 5.74) is 6.07. The Hall–Kier alpha value is -3.95. The van der Waals surface area contributed by atoms with E-state index in [2.05, 4.69) is 21.3 Å². The highest BCUT2D eigenvalue weighted by atomic mass is 16.6. The average molecular weight is 685 g/mol. The Morgan fingerprint density at radius 2 is 1.58 bits per heavy atom. The van der Waals surface area contributed by atoms with Crippen molar-refractivity contribution in [3.63, 3.8) is 0 Å². The van der Waals surface area contributed by atoms with Crippen LogP contribution >= 0.6 is 0 Å². The molecule has 2 aliphatic rings. The third-order valence-electron chi connectivity index (χ3n) is 7.50. The topological polar surface area (TPSA) is 304 Å². The van der Waals surface area contributed by atoms with Gasteiger partial charge < -0.3 is 71.5 Å². The van der Waals surface area contributed by atoms with Crippen LogP contribution in [-0.2, 0) is 44.7 Å². The quantitative estimate of drug-likeness (QED) is 0.0318. The van der Waals surface area contributed by atoms with Gasteiger partial charge in [0.1, 0.15) is 43.0 Å². The third-order valence-corrected chi connectivity index (χ3v) is 7.50. The second kappa shape index (κ2) is 19.1. The molecule has 1 aromatic rings. The number of nitrogens with two attached hydrogens (primary N) is 1. The summed E-state index contributed by atoms with van der Waals surface area (Å²) in [7, 11) is 0. The van der Waals surface area contributed by atoms with Crippen LogP contribution in [0.25, 0.3) is 0 Å².